The van der Waals surface area contributed by atoms with E-state index < -0.39 is 0 Å². The maximum Gasteiger partial charge on any atom is 0.210 e. The molecule has 2 aromatic carbocycles. The highest BCUT2D eigenvalue weighted by molar-refractivity contribution is 9.11. The summed E-state index contributed by atoms with van der Waals surface area (Å²) in [5.74, 6) is 0.209. The van der Waals surface area contributed by atoms with Crippen molar-refractivity contribution in [3.8, 4) is 17.0 Å². The van der Waals surface area contributed by atoms with E-state index >= 15 is 0 Å². The zero-order valence-electron chi connectivity index (χ0n) is 11.8. The summed E-state index contributed by atoms with van der Waals surface area (Å²) in [4.78, 5) is 8.90. The van der Waals surface area contributed by atoms with Crippen molar-refractivity contribution in [2.75, 3.05) is 0 Å². The van der Waals surface area contributed by atoms with Crippen LogP contribution in [0.25, 0.3) is 11.3 Å². The molecule has 0 unspecified atom stereocenters. The second-order valence-corrected chi connectivity index (χ2v) is 7.10. The third kappa shape index (κ3) is 3.26. The minimum atomic E-state index is 0.209. The number of aromatic hydroxyl groups is 1. The van der Waals surface area contributed by atoms with E-state index in [9.17, 15) is 5.11 Å². The first kappa shape index (κ1) is 14.9. The van der Waals surface area contributed by atoms with E-state index in [0.717, 1.165) is 15.0 Å². The number of aryl methyl sites for hydroxylation is 1. The van der Waals surface area contributed by atoms with Crippen LogP contribution in [0.15, 0.2) is 57.3 Å². The number of nitrogens with zero attached hydrogens (tertiary/aromatic N) is 2. The smallest absolute Gasteiger partial charge is 0.210 e. The van der Waals surface area contributed by atoms with Gasteiger partial charge in [0.2, 0.25) is 5.13 Å². The van der Waals surface area contributed by atoms with E-state index in [1.807, 2.05) is 24.3 Å². The minimum absolute atomic E-state index is 0.209. The Labute approximate surface area is 141 Å². The first-order chi connectivity index (χ1) is 10.6. The maximum absolute atomic E-state index is 9.73. The molecule has 3 rings (SSSR count). The molecule has 1 heterocycles. The van der Waals surface area contributed by atoms with Crippen LogP contribution in [0.1, 0.15) is 11.1 Å². The molecular formula is C17H13BrN2OS. The highest BCUT2D eigenvalue weighted by atomic mass is 79.9. The Morgan fingerprint density at radius 3 is 2.59 bits per heavy atom. The van der Waals surface area contributed by atoms with Crippen molar-refractivity contribution in [1.29, 1.82) is 0 Å². The second-order valence-electron chi connectivity index (χ2n) is 4.80. The van der Waals surface area contributed by atoms with Crippen molar-refractivity contribution in [3.05, 3.63) is 63.4 Å². The Morgan fingerprint density at radius 2 is 1.86 bits per heavy atom. The van der Waals surface area contributed by atoms with E-state index in [-0.39, 0.29) is 5.75 Å². The minimum Gasteiger partial charge on any atom is -0.507 e. The molecule has 0 fully saturated rings. The molecule has 0 bridgehead atoms. The Morgan fingerprint density at radius 1 is 1.14 bits per heavy atom. The maximum atomic E-state index is 9.73. The van der Waals surface area contributed by atoms with Gasteiger partial charge in [0, 0.05) is 17.3 Å². The fraction of sp³-hybridized carbons (Fsp3) is 0.0588. The fourth-order valence-corrected chi connectivity index (χ4v) is 3.37. The van der Waals surface area contributed by atoms with Gasteiger partial charge in [-0.05, 0) is 35.0 Å². The average molecular weight is 373 g/mol. The van der Waals surface area contributed by atoms with Gasteiger partial charge in [0.15, 0.2) is 0 Å². The largest absolute Gasteiger partial charge is 0.507 e. The molecule has 0 amide bonds. The van der Waals surface area contributed by atoms with Crippen LogP contribution >= 0.6 is 27.3 Å². The molecule has 110 valence electrons. The second kappa shape index (κ2) is 6.42. The highest BCUT2D eigenvalue weighted by Crippen LogP contribution is 2.36. The number of halogens is 1. The quantitative estimate of drug-likeness (QED) is 0.630. The van der Waals surface area contributed by atoms with Crippen molar-refractivity contribution in [1.82, 2.24) is 4.98 Å². The summed E-state index contributed by atoms with van der Waals surface area (Å²) in [6, 6.07) is 15.3. The number of aromatic nitrogens is 1. The van der Waals surface area contributed by atoms with Crippen LogP contribution in [0.5, 0.6) is 5.75 Å². The van der Waals surface area contributed by atoms with Gasteiger partial charge in [-0.1, -0.05) is 53.3 Å². The molecular weight excluding hydrogens is 360 g/mol. The third-order valence-electron chi connectivity index (χ3n) is 3.15. The zero-order valence-corrected chi connectivity index (χ0v) is 14.2. The fourth-order valence-electron chi connectivity index (χ4n) is 1.96. The van der Waals surface area contributed by atoms with Gasteiger partial charge >= 0.3 is 0 Å². The number of hydrogen-bond acceptors (Lipinski definition) is 4. The van der Waals surface area contributed by atoms with Crippen LogP contribution in [0.4, 0.5) is 5.13 Å². The molecule has 3 nitrogen and oxygen atoms in total. The number of hydrogen-bond donors (Lipinski definition) is 1. The molecule has 0 saturated heterocycles. The van der Waals surface area contributed by atoms with Gasteiger partial charge in [0.25, 0.3) is 0 Å². The van der Waals surface area contributed by atoms with Gasteiger partial charge in [-0.15, -0.1) is 0 Å². The molecule has 0 spiro atoms. The lowest BCUT2D eigenvalue weighted by molar-refractivity contribution is 0.474. The topological polar surface area (TPSA) is 45.5 Å². The van der Waals surface area contributed by atoms with E-state index in [1.54, 1.807) is 18.3 Å². The van der Waals surface area contributed by atoms with E-state index in [2.05, 4.69) is 45.0 Å². The van der Waals surface area contributed by atoms with Gasteiger partial charge in [-0.3, -0.25) is 0 Å². The molecule has 0 aliphatic rings. The molecule has 0 radical (unpaired) electrons. The van der Waals surface area contributed by atoms with E-state index in [4.69, 9.17) is 0 Å². The number of phenols is 1. The Bertz CT molecular complexity index is 825. The first-order valence-corrected chi connectivity index (χ1v) is 8.30. The molecule has 0 aliphatic heterocycles. The van der Waals surface area contributed by atoms with E-state index in [1.165, 1.54) is 16.9 Å². The molecule has 5 heteroatoms. The van der Waals surface area contributed by atoms with Gasteiger partial charge in [-0.25, -0.2) is 9.98 Å². The average Bonchev–Trinajstić information content (AvgIpc) is 2.88. The molecule has 0 aliphatic carbocycles. The predicted molar refractivity (Wildman–Crippen MR) is 95.3 cm³/mol. The van der Waals surface area contributed by atoms with Gasteiger partial charge in [-0.2, -0.15) is 0 Å². The molecule has 0 saturated carbocycles. The van der Waals surface area contributed by atoms with Crippen molar-refractivity contribution in [2.24, 2.45) is 4.99 Å². The molecule has 1 aromatic heterocycles. The summed E-state index contributed by atoms with van der Waals surface area (Å²) in [6.45, 7) is 2.06. The standard InChI is InChI=1S/C17H13BrN2OS/c1-11-6-8-12(9-7-11)15-16(18)22-17(20-15)19-10-13-4-2-3-5-14(13)21/h2-10,21H,1H3/b19-10+. The normalized spacial score (nSPS) is 11.2. The Balaban J connectivity index is 1.89. The molecule has 0 atom stereocenters. The van der Waals surface area contributed by atoms with Gasteiger partial charge in [0.1, 0.15) is 5.75 Å². The lowest BCUT2D eigenvalue weighted by Gasteiger charge is -1.98. The highest BCUT2D eigenvalue weighted by Gasteiger charge is 2.10. The summed E-state index contributed by atoms with van der Waals surface area (Å²) < 4.78 is 0.945. The van der Waals surface area contributed by atoms with Crippen molar-refractivity contribution < 1.29 is 5.11 Å². The predicted octanol–water partition coefficient (Wildman–Crippen LogP) is 5.34. The molecule has 3 aromatic rings. The Hall–Kier alpha value is -1.98. The summed E-state index contributed by atoms with van der Waals surface area (Å²) in [5.41, 5.74) is 3.82. The number of para-hydroxylation sites is 1. The van der Waals surface area contributed by atoms with Crippen molar-refractivity contribution in [3.63, 3.8) is 0 Å². The van der Waals surface area contributed by atoms with E-state index in [0.29, 0.717) is 10.7 Å². The zero-order chi connectivity index (χ0) is 15.5. The summed E-state index contributed by atoms with van der Waals surface area (Å²) in [5, 5.41) is 10.4. The molecule has 1 N–H and O–H groups in total. The summed E-state index contributed by atoms with van der Waals surface area (Å²) in [6.07, 6.45) is 1.62. The van der Waals surface area contributed by atoms with Gasteiger partial charge < -0.3 is 5.11 Å². The van der Waals surface area contributed by atoms with Crippen LogP contribution < -0.4 is 0 Å². The van der Waals surface area contributed by atoms with Gasteiger partial charge in [0.05, 0.1) is 9.48 Å². The third-order valence-corrected chi connectivity index (χ3v) is 4.76. The summed E-state index contributed by atoms with van der Waals surface area (Å²) >= 11 is 5.01. The lowest BCUT2D eigenvalue weighted by atomic mass is 10.1. The summed E-state index contributed by atoms with van der Waals surface area (Å²) in [7, 11) is 0. The van der Waals surface area contributed by atoms with Crippen LogP contribution in [0.2, 0.25) is 0 Å². The monoisotopic (exact) mass is 372 g/mol. The number of aliphatic imine (C=N–C) groups is 1. The van der Waals surface area contributed by atoms with Crippen LogP contribution in [-0.4, -0.2) is 16.3 Å². The van der Waals surface area contributed by atoms with Crippen LogP contribution in [0.3, 0.4) is 0 Å². The Kier molecular flexibility index (Phi) is 4.36. The van der Waals surface area contributed by atoms with Crippen molar-refractivity contribution >= 4 is 38.6 Å². The first-order valence-electron chi connectivity index (χ1n) is 6.69. The number of phenolic OH excluding ortho intramolecular Hbond substituents is 1. The number of rotatable bonds is 3. The van der Waals surface area contributed by atoms with Crippen LogP contribution in [0, 0.1) is 6.92 Å². The van der Waals surface area contributed by atoms with Crippen LogP contribution in [-0.2, 0) is 0 Å². The SMILES string of the molecule is Cc1ccc(-c2nc(/N=C/c3ccccc3O)sc2Br)cc1. The lowest BCUT2D eigenvalue weighted by Crippen LogP contribution is -1.81. The molecule has 22 heavy (non-hydrogen) atoms. The number of benzene rings is 2. The number of thiazole rings is 1. The van der Waals surface area contributed by atoms with Crippen molar-refractivity contribution in [2.45, 2.75) is 6.92 Å².